The van der Waals surface area contributed by atoms with Crippen molar-refractivity contribution in [1.82, 2.24) is 61.2 Å². The van der Waals surface area contributed by atoms with Crippen LogP contribution in [0.4, 0.5) is 38.0 Å². The number of ketones is 2. The summed E-state index contributed by atoms with van der Waals surface area (Å²) in [4.78, 5) is 32.3. The number of aryl methyl sites for hydroxylation is 3. The highest BCUT2D eigenvalue weighted by atomic mass is 32.1. The van der Waals surface area contributed by atoms with Crippen LogP contribution < -0.4 is 45.9 Å². The minimum atomic E-state index is -0.653. The number of nitrogens with zero attached hydrogens (tertiary/aromatic N) is 15. The zero-order valence-electron chi connectivity index (χ0n) is 47.2. The lowest BCUT2D eigenvalue weighted by Crippen LogP contribution is -2.26. The highest BCUT2D eigenvalue weighted by Crippen LogP contribution is 2.30. The first kappa shape index (κ1) is 59.4. The molecule has 3 aliphatic heterocycles. The molecule has 0 bridgehead atoms. The van der Waals surface area contributed by atoms with Crippen molar-refractivity contribution >= 4 is 83.6 Å². The summed E-state index contributed by atoms with van der Waals surface area (Å²) in [7, 11) is 6.28. The molecule has 3 saturated heterocycles. The topological polar surface area (TPSA) is 298 Å². The number of Topliss-reactive ketones (excluding diaryl/α,β-unsaturated/α-hetero) is 2. The van der Waals surface area contributed by atoms with E-state index in [0.717, 1.165) is 120 Å². The van der Waals surface area contributed by atoms with Crippen molar-refractivity contribution in [2.75, 3.05) is 104 Å². The predicted molar refractivity (Wildman–Crippen MR) is 320 cm³/mol. The van der Waals surface area contributed by atoms with Crippen molar-refractivity contribution in [2.45, 2.75) is 83.2 Å². The van der Waals surface area contributed by atoms with Crippen molar-refractivity contribution < 1.29 is 28.5 Å². The molecule has 8 aromatic rings. The molecule has 0 radical (unpaired) electrons. The van der Waals surface area contributed by atoms with Gasteiger partial charge in [-0.15, -0.1) is 45.9 Å². The van der Waals surface area contributed by atoms with Gasteiger partial charge in [0.25, 0.3) is 0 Å². The average Bonchev–Trinajstić information content (AvgIpc) is 4.47. The molecular formula is C55H67N19O6S3. The van der Waals surface area contributed by atoms with Gasteiger partial charge in [0.05, 0.1) is 45.7 Å². The number of aromatic nitrogens is 12. The fraction of sp³-hybridized carbons (Fsp3) is 0.418. The smallest absolute Gasteiger partial charge is 0.207 e. The van der Waals surface area contributed by atoms with Crippen LogP contribution in [0.15, 0.2) is 85.3 Å². The van der Waals surface area contributed by atoms with Gasteiger partial charge in [-0.05, 0) is 110 Å². The fourth-order valence-corrected chi connectivity index (χ4v) is 11.8. The van der Waals surface area contributed by atoms with Gasteiger partial charge in [0.1, 0.15) is 33.7 Å². The van der Waals surface area contributed by atoms with Crippen molar-refractivity contribution in [1.29, 1.82) is 0 Å². The Hall–Kier alpha value is -8.18. The maximum Gasteiger partial charge on any atom is 0.207 e. The molecule has 6 aromatic heterocycles. The molecule has 0 saturated carbocycles. The van der Waals surface area contributed by atoms with Gasteiger partial charge in [-0.2, -0.15) is 15.3 Å². The second-order valence-electron chi connectivity index (χ2n) is 20.0. The summed E-state index contributed by atoms with van der Waals surface area (Å²) < 4.78 is 21.3. The van der Waals surface area contributed by atoms with Crippen molar-refractivity contribution in [3.8, 4) is 11.5 Å². The first-order valence-electron chi connectivity index (χ1n) is 26.9. The quantitative estimate of drug-likeness (QED) is 0.0590. The average molecular weight is 1190 g/mol. The zero-order chi connectivity index (χ0) is 58.2. The lowest BCUT2D eigenvalue weighted by atomic mass is 10.0. The molecule has 0 spiro atoms. The van der Waals surface area contributed by atoms with E-state index in [0.29, 0.717) is 31.5 Å². The number of rotatable bonds is 21. The van der Waals surface area contributed by atoms with E-state index in [9.17, 15) is 9.59 Å². The number of methoxy groups -OCH3 is 4. The number of nitrogen functional groups attached to an aromatic ring is 1. The SMILES string of the molecule is COc1ccc([C@@H](OC)C(=O)Cc2nnc(N[C@@H]3CCN(c4cc(C)cnn4)C3)s2)cc1.COc1ccc([C@H](OC)C(=O)Cc2nnc(N[C@@H]3CCN(c4cc(C)cnn4)C3)s2)cc1.Cc1cnnc(N2CC[C@@H](Nc3nnc(N)s3)C2)c1. The minimum absolute atomic E-state index is 0.0644. The van der Waals surface area contributed by atoms with Gasteiger partial charge in [-0.1, -0.05) is 58.3 Å². The molecule has 83 heavy (non-hydrogen) atoms. The maximum atomic E-state index is 12.8. The molecule has 2 aromatic carbocycles. The van der Waals surface area contributed by atoms with Crippen LogP contribution in [0.3, 0.4) is 0 Å². The Balaban J connectivity index is 0.000000155. The molecule has 3 aliphatic rings. The van der Waals surface area contributed by atoms with Gasteiger partial charge in [-0.25, -0.2) is 0 Å². The second-order valence-corrected chi connectivity index (χ2v) is 23.1. The molecule has 436 valence electrons. The van der Waals surface area contributed by atoms with E-state index in [4.69, 9.17) is 24.7 Å². The summed E-state index contributed by atoms with van der Waals surface area (Å²) >= 11 is 4.17. The standard InChI is InChI=1S/2C22H26N6O3S.C11H15N7S/c2*1-14-10-19(25-23-12-14)28-9-8-16(13-28)24-22-27-26-20(32-22)11-18(29)21(31-3)15-4-6-17(30-2)7-5-15;1-7-4-9(15-13-5-7)18-3-2-8(6-18)14-11-17-16-10(12)19-11/h2*4-7,10,12,16,21H,8-9,11,13H2,1-3H3,(H,24,27);4-5,8H,2-3,6H2,1H3,(H2,12,16)(H,14,17)/t16-,21+;16-,21-;8-/m111/s1. The number of nitrogens with one attached hydrogen (secondary N) is 3. The van der Waals surface area contributed by atoms with E-state index in [2.05, 4.69) is 97.9 Å². The van der Waals surface area contributed by atoms with Crippen LogP contribution in [0, 0.1) is 20.8 Å². The second kappa shape index (κ2) is 28.7. The van der Waals surface area contributed by atoms with Gasteiger partial charge in [-0.3, -0.25) is 9.59 Å². The number of ether oxygens (including phenoxy) is 4. The Kier molecular flexibility index (Phi) is 20.5. The number of hydrogen-bond donors (Lipinski definition) is 4. The van der Waals surface area contributed by atoms with Gasteiger partial charge < -0.3 is 55.3 Å². The van der Waals surface area contributed by atoms with E-state index in [1.165, 1.54) is 48.2 Å². The van der Waals surface area contributed by atoms with Gasteiger partial charge in [0.15, 0.2) is 29.0 Å². The van der Waals surface area contributed by atoms with Crippen molar-refractivity contribution in [2.24, 2.45) is 0 Å². The summed E-state index contributed by atoms with van der Waals surface area (Å²) in [5, 5.41) is 63.6. The van der Waals surface area contributed by atoms with Crippen LogP contribution >= 0.6 is 34.0 Å². The van der Waals surface area contributed by atoms with Crippen molar-refractivity contribution in [3.63, 3.8) is 0 Å². The van der Waals surface area contributed by atoms with Crippen LogP contribution in [0.1, 0.15) is 69.3 Å². The van der Waals surface area contributed by atoms with Gasteiger partial charge in [0, 0.05) is 71.6 Å². The Bertz CT molecular complexity index is 3200. The summed E-state index contributed by atoms with van der Waals surface area (Å²) in [6, 6.07) is 21.5. The third-order valence-electron chi connectivity index (χ3n) is 13.8. The third-order valence-corrected chi connectivity index (χ3v) is 16.2. The Morgan fingerprint density at radius 2 is 0.867 bits per heavy atom. The highest BCUT2D eigenvalue weighted by Gasteiger charge is 2.29. The lowest BCUT2D eigenvalue weighted by Gasteiger charge is -2.17. The maximum absolute atomic E-state index is 12.8. The van der Waals surface area contributed by atoms with Crippen LogP contribution in [0.25, 0.3) is 0 Å². The van der Waals surface area contributed by atoms with E-state index < -0.39 is 12.2 Å². The monoisotopic (exact) mass is 1190 g/mol. The van der Waals surface area contributed by atoms with Crippen LogP contribution in [-0.4, -0.2) is 159 Å². The molecule has 3 fully saturated rings. The van der Waals surface area contributed by atoms with Crippen LogP contribution in [0.2, 0.25) is 0 Å². The molecule has 0 aliphatic carbocycles. The first-order chi connectivity index (χ1) is 40.3. The molecule has 9 heterocycles. The Labute approximate surface area is 492 Å². The van der Waals surface area contributed by atoms with Gasteiger partial charge in [0.2, 0.25) is 20.5 Å². The number of benzene rings is 2. The Morgan fingerprint density at radius 3 is 1.18 bits per heavy atom. The molecule has 28 heteroatoms. The number of hydrogen-bond acceptors (Lipinski definition) is 28. The van der Waals surface area contributed by atoms with E-state index in [1.807, 2.05) is 81.4 Å². The van der Waals surface area contributed by atoms with E-state index in [1.54, 1.807) is 32.8 Å². The number of nitrogens with two attached hydrogens (primary N) is 1. The number of carbonyl (C=O) groups excluding carboxylic acids is 2. The van der Waals surface area contributed by atoms with Crippen LogP contribution in [-0.2, 0) is 31.9 Å². The lowest BCUT2D eigenvalue weighted by molar-refractivity contribution is -0.129. The summed E-state index contributed by atoms with van der Waals surface area (Å²) in [6.45, 7) is 11.3. The molecule has 0 amide bonds. The minimum Gasteiger partial charge on any atom is -0.497 e. The molecule has 5 atom stereocenters. The van der Waals surface area contributed by atoms with E-state index in [-0.39, 0.29) is 36.5 Å². The normalized spacial score (nSPS) is 17.2. The summed E-state index contributed by atoms with van der Waals surface area (Å²) in [5.74, 6) is 4.05. The highest BCUT2D eigenvalue weighted by molar-refractivity contribution is 7.18. The predicted octanol–water partition coefficient (Wildman–Crippen LogP) is 6.58. The molecular weight excluding hydrogens is 1120 g/mol. The molecule has 5 N–H and O–H groups in total. The number of anilines is 7. The largest absolute Gasteiger partial charge is 0.497 e. The molecule has 11 rings (SSSR count). The molecule has 25 nitrogen and oxygen atoms in total. The Morgan fingerprint density at radius 1 is 0.518 bits per heavy atom. The van der Waals surface area contributed by atoms with Gasteiger partial charge >= 0.3 is 0 Å². The van der Waals surface area contributed by atoms with Crippen molar-refractivity contribution in [3.05, 3.63) is 123 Å². The molecule has 0 unspecified atom stereocenters. The number of carbonyl (C=O) groups is 2. The van der Waals surface area contributed by atoms with E-state index >= 15 is 0 Å². The third kappa shape index (κ3) is 16.5. The summed E-state index contributed by atoms with van der Waals surface area (Å²) in [5.41, 5.74) is 10.4. The fourth-order valence-electron chi connectivity index (χ4n) is 9.60. The first-order valence-corrected chi connectivity index (χ1v) is 29.3. The summed E-state index contributed by atoms with van der Waals surface area (Å²) in [6.07, 6.45) is 7.26. The van der Waals surface area contributed by atoms with Crippen LogP contribution in [0.5, 0.6) is 11.5 Å². The zero-order valence-corrected chi connectivity index (χ0v) is 49.7.